The van der Waals surface area contributed by atoms with Gasteiger partial charge in [-0.1, -0.05) is 6.42 Å². The molecule has 0 aromatic carbocycles. The molecular formula is C13H19N3O3. The van der Waals surface area contributed by atoms with Crippen LogP contribution in [0, 0.1) is 5.92 Å². The molecule has 1 heterocycles. The van der Waals surface area contributed by atoms with E-state index in [1.54, 1.807) is 11.9 Å². The summed E-state index contributed by atoms with van der Waals surface area (Å²) < 4.78 is 1.14. The van der Waals surface area contributed by atoms with Crippen LogP contribution in [0.2, 0.25) is 0 Å². The van der Waals surface area contributed by atoms with E-state index in [2.05, 4.69) is 5.10 Å². The van der Waals surface area contributed by atoms with E-state index in [4.69, 9.17) is 0 Å². The Morgan fingerprint density at radius 3 is 2.84 bits per heavy atom. The van der Waals surface area contributed by atoms with Gasteiger partial charge in [-0.2, -0.15) is 5.10 Å². The summed E-state index contributed by atoms with van der Waals surface area (Å²) in [5, 5.41) is 13.7. The van der Waals surface area contributed by atoms with Gasteiger partial charge < -0.3 is 10.0 Å². The summed E-state index contributed by atoms with van der Waals surface area (Å²) in [5.74, 6) is -0.0869. The quantitative estimate of drug-likeness (QED) is 0.835. The van der Waals surface area contributed by atoms with E-state index in [0.717, 1.165) is 23.9 Å². The van der Waals surface area contributed by atoms with Crippen LogP contribution in [0.15, 0.2) is 16.9 Å². The molecule has 2 atom stereocenters. The van der Waals surface area contributed by atoms with Crippen LogP contribution in [-0.2, 0) is 7.05 Å². The van der Waals surface area contributed by atoms with Gasteiger partial charge in [0.2, 0.25) is 0 Å². The van der Waals surface area contributed by atoms with E-state index in [-0.39, 0.29) is 29.2 Å². The minimum atomic E-state index is -0.316. The Morgan fingerprint density at radius 2 is 2.26 bits per heavy atom. The van der Waals surface area contributed by atoms with Crippen LogP contribution >= 0.6 is 0 Å². The second-order valence-electron chi connectivity index (χ2n) is 5.12. The molecule has 1 aliphatic carbocycles. The fourth-order valence-electron chi connectivity index (χ4n) is 2.48. The van der Waals surface area contributed by atoms with Gasteiger partial charge in [0.15, 0.2) is 0 Å². The van der Waals surface area contributed by atoms with Crippen LogP contribution in [0.25, 0.3) is 0 Å². The summed E-state index contributed by atoms with van der Waals surface area (Å²) in [7, 11) is 3.21. The van der Waals surface area contributed by atoms with Crippen molar-refractivity contribution in [1.82, 2.24) is 14.7 Å². The SMILES string of the molecule is CN(CC1CCCC1O)C(=O)c1ccc(=O)n(C)n1. The molecule has 2 unspecified atom stereocenters. The minimum Gasteiger partial charge on any atom is -0.393 e. The highest BCUT2D eigenvalue weighted by Gasteiger charge is 2.28. The molecule has 1 aromatic rings. The minimum absolute atomic E-state index is 0.140. The second-order valence-corrected chi connectivity index (χ2v) is 5.12. The molecule has 0 spiro atoms. The van der Waals surface area contributed by atoms with Crippen molar-refractivity contribution in [2.24, 2.45) is 13.0 Å². The number of amides is 1. The Hall–Kier alpha value is -1.69. The summed E-state index contributed by atoms with van der Waals surface area (Å²) in [5.41, 5.74) is 0.00232. The standard InChI is InChI=1S/C13H19N3O3/c1-15(8-9-4-3-5-11(9)17)13(19)10-6-7-12(18)16(2)14-10/h6-7,9,11,17H,3-5,8H2,1-2H3. The summed E-state index contributed by atoms with van der Waals surface area (Å²) in [4.78, 5) is 25.0. The van der Waals surface area contributed by atoms with Crippen LogP contribution in [0.4, 0.5) is 0 Å². The summed E-state index contributed by atoms with van der Waals surface area (Å²) >= 11 is 0. The number of aliphatic hydroxyl groups is 1. The van der Waals surface area contributed by atoms with E-state index in [1.807, 2.05) is 0 Å². The first-order valence-corrected chi connectivity index (χ1v) is 6.47. The van der Waals surface area contributed by atoms with Gasteiger partial charge >= 0.3 is 0 Å². The van der Waals surface area contributed by atoms with Gasteiger partial charge in [-0.3, -0.25) is 9.59 Å². The van der Waals surface area contributed by atoms with Crippen LogP contribution in [-0.4, -0.2) is 45.4 Å². The number of aryl methyl sites for hydroxylation is 1. The fourth-order valence-corrected chi connectivity index (χ4v) is 2.48. The highest BCUT2D eigenvalue weighted by Crippen LogP contribution is 2.26. The third-order valence-electron chi connectivity index (χ3n) is 3.65. The monoisotopic (exact) mass is 265 g/mol. The lowest BCUT2D eigenvalue weighted by atomic mass is 10.1. The Balaban J connectivity index is 2.06. The normalized spacial score (nSPS) is 22.5. The molecule has 19 heavy (non-hydrogen) atoms. The van der Waals surface area contributed by atoms with E-state index in [0.29, 0.717) is 6.54 Å². The number of carbonyl (C=O) groups is 1. The van der Waals surface area contributed by atoms with Gasteiger partial charge in [0.1, 0.15) is 5.69 Å². The lowest BCUT2D eigenvalue weighted by molar-refractivity contribution is 0.0686. The molecule has 0 bridgehead atoms. The van der Waals surface area contributed by atoms with Gasteiger partial charge in [-0.25, -0.2) is 4.68 Å². The molecule has 0 aliphatic heterocycles. The zero-order valence-corrected chi connectivity index (χ0v) is 11.2. The number of hydrogen-bond acceptors (Lipinski definition) is 4. The van der Waals surface area contributed by atoms with Crippen LogP contribution in [0.5, 0.6) is 0 Å². The number of carbonyl (C=O) groups excluding carboxylic acids is 1. The van der Waals surface area contributed by atoms with Gasteiger partial charge in [0.05, 0.1) is 6.10 Å². The Bertz CT molecular complexity index is 526. The molecule has 6 nitrogen and oxygen atoms in total. The average molecular weight is 265 g/mol. The summed E-state index contributed by atoms with van der Waals surface area (Å²) in [6.45, 7) is 0.518. The third kappa shape index (κ3) is 3.01. The number of aliphatic hydroxyl groups excluding tert-OH is 1. The van der Waals surface area contributed by atoms with E-state index < -0.39 is 0 Å². The number of rotatable bonds is 3. The Morgan fingerprint density at radius 1 is 1.53 bits per heavy atom. The molecule has 2 rings (SSSR count). The van der Waals surface area contributed by atoms with Crippen LogP contribution in [0.1, 0.15) is 29.8 Å². The third-order valence-corrected chi connectivity index (χ3v) is 3.65. The van der Waals surface area contributed by atoms with Crippen molar-refractivity contribution in [3.05, 3.63) is 28.2 Å². The first kappa shape index (κ1) is 13.7. The second kappa shape index (κ2) is 5.52. The highest BCUT2D eigenvalue weighted by atomic mass is 16.3. The van der Waals surface area contributed by atoms with Crippen LogP contribution < -0.4 is 5.56 Å². The molecule has 0 saturated heterocycles. The van der Waals surface area contributed by atoms with Crippen molar-refractivity contribution in [3.8, 4) is 0 Å². The Labute approximate surface area is 111 Å². The first-order valence-electron chi connectivity index (χ1n) is 6.47. The van der Waals surface area contributed by atoms with Crippen molar-refractivity contribution in [1.29, 1.82) is 0 Å². The summed E-state index contributed by atoms with van der Waals surface area (Å²) in [6.07, 6.45) is 2.44. The van der Waals surface area contributed by atoms with Gasteiger partial charge in [-0.15, -0.1) is 0 Å². The summed E-state index contributed by atoms with van der Waals surface area (Å²) in [6, 6.07) is 2.77. The molecule has 1 aliphatic rings. The molecule has 0 radical (unpaired) electrons. The van der Waals surface area contributed by atoms with Crippen molar-refractivity contribution >= 4 is 5.91 Å². The predicted molar refractivity (Wildman–Crippen MR) is 69.8 cm³/mol. The number of aromatic nitrogens is 2. The molecular weight excluding hydrogens is 246 g/mol. The molecule has 1 aromatic heterocycles. The predicted octanol–water partition coefficient (Wildman–Crippen LogP) is 0.0133. The first-order chi connectivity index (χ1) is 8.99. The van der Waals surface area contributed by atoms with Crippen molar-refractivity contribution in [2.75, 3.05) is 13.6 Å². The lowest BCUT2D eigenvalue weighted by Gasteiger charge is -2.23. The zero-order chi connectivity index (χ0) is 14.0. The maximum atomic E-state index is 12.2. The highest BCUT2D eigenvalue weighted by molar-refractivity contribution is 5.91. The van der Waals surface area contributed by atoms with Crippen molar-refractivity contribution in [3.63, 3.8) is 0 Å². The molecule has 104 valence electrons. The maximum Gasteiger partial charge on any atom is 0.274 e. The van der Waals surface area contributed by atoms with E-state index in [1.165, 1.54) is 19.2 Å². The largest absolute Gasteiger partial charge is 0.393 e. The molecule has 6 heteroatoms. The molecule has 1 fully saturated rings. The van der Waals surface area contributed by atoms with Crippen molar-refractivity contribution in [2.45, 2.75) is 25.4 Å². The zero-order valence-electron chi connectivity index (χ0n) is 11.2. The van der Waals surface area contributed by atoms with Gasteiger partial charge in [0.25, 0.3) is 11.5 Å². The average Bonchev–Trinajstić information content (AvgIpc) is 2.77. The number of nitrogens with zero attached hydrogens (tertiary/aromatic N) is 3. The smallest absolute Gasteiger partial charge is 0.274 e. The van der Waals surface area contributed by atoms with E-state index in [9.17, 15) is 14.7 Å². The van der Waals surface area contributed by atoms with Gasteiger partial charge in [0, 0.05) is 32.6 Å². The molecule has 1 amide bonds. The van der Waals surface area contributed by atoms with E-state index >= 15 is 0 Å². The van der Waals surface area contributed by atoms with Crippen LogP contribution in [0.3, 0.4) is 0 Å². The number of hydrogen-bond donors (Lipinski definition) is 1. The topological polar surface area (TPSA) is 75.4 Å². The maximum absolute atomic E-state index is 12.2. The Kier molecular flexibility index (Phi) is 3.99. The van der Waals surface area contributed by atoms with Crippen molar-refractivity contribution < 1.29 is 9.90 Å². The van der Waals surface area contributed by atoms with Gasteiger partial charge in [-0.05, 0) is 18.9 Å². The lowest BCUT2D eigenvalue weighted by Crippen LogP contribution is -2.36. The molecule has 1 saturated carbocycles. The fraction of sp³-hybridized carbons (Fsp3) is 0.615. The molecule has 1 N–H and O–H groups in total.